The molecular weight excluding hydrogens is 270 g/mol. The van der Waals surface area contributed by atoms with Gasteiger partial charge in [-0.15, -0.1) is 10.2 Å². The molecule has 20 heavy (non-hydrogen) atoms. The highest BCUT2D eigenvalue weighted by atomic mass is 16.5. The molecule has 2 heterocycles. The van der Waals surface area contributed by atoms with Crippen molar-refractivity contribution in [3.63, 3.8) is 0 Å². The molecule has 0 saturated heterocycles. The molecule has 0 saturated carbocycles. The van der Waals surface area contributed by atoms with E-state index in [9.17, 15) is 9.59 Å². The summed E-state index contributed by atoms with van der Waals surface area (Å²) in [4.78, 5) is 23.2. The Balaban J connectivity index is 2.01. The third-order valence-corrected chi connectivity index (χ3v) is 2.06. The van der Waals surface area contributed by atoms with Crippen LogP contribution in [0.5, 0.6) is 0 Å². The Morgan fingerprint density at radius 3 is 2.80 bits per heavy atom. The van der Waals surface area contributed by atoms with E-state index in [-0.39, 0.29) is 25.0 Å². The summed E-state index contributed by atoms with van der Waals surface area (Å²) in [6, 6.07) is -0.0433. The van der Waals surface area contributed by atoms with Gasteiger partial charge in [0.25, 0.3) is 5.82 Å². The minimum Gasteiger partial charge on any atom is -0.460 e. The fourth-order valence-corrected chi connectivity index (χ4v) is 1.29. The average Bonchev–Trinajstić information content (AvgIpc) is 2.99. The number of rotatable bonds is 5. The van der Waals surface area contributed by atoms with E-state index in [1.807, 2.05) is 0 Å². The topological polar surface area (TPSA) is 138 Å². The lowest BCUT2D eigenvalue weighted by Gasteiger charge is -2.03. The molecular formula is C9H11N7O4. The van der Waals surface area contributed by atoms with Crippen LogP contribution in [0.25, 0.3) is 0 Å². The minimum absolute atomic E-state index is 0.0433. The summed E-state index contributed by atoms with van der Waals surface area (Å²) in [5.74, 6) is -1.08. The maximum Gasteiger partial charge on any atom is 0.378 e. The molecule has 11 nitrogen and oxygen atoms in total. The Hall–Kier alpha value is -2.85. The summed E-state index contributed by atoms with van der Waals surface area (Å²) in [6.07, 6.45) is 0. The van der Waals surface area contributed by atoms with Crippen LogP contribution in [0, 0.1) is 6.92 Å². The van der Waals surface area contributed by atoms with Crippen molar-refractivity contribution in [2.24, 2.45) is 0 Å². The highest BCUT2D eigenvalue weighted by Gasteiger charge is 2.19. The Kier molecular flexibility index (Phi) is 3.98. The number of nitrogens with one attached hydrogen (secondary N) is 1. The molecule has 0 aromatic carbocycles. The Morgan fingerprint density at radius 2 is 2.15 bits per heavy atom. The molecule has 0 aliphatic heterocycles. The first-order chi connectivity index (χ1) is 9.60. The predicted molar refractivity (Wildman–Crippen MR) is 61.4 cm³/mol. The molecule has 0 radical (unpaired) electrons. The number of esters is 1. The minimum atomic E-state index is -0.709. The van der Waals surface area contributed by atoms with E-state index in [4.69, 9.17) is 9.15 Å². The van der Waals surface area contributed by atoms with Crippen LogP contribution in [0.3, 0.4) is 0 Å². The van der Waals surface area contributed by atoms with E-state index in [0.717, 1.165) is 4.68 Å². The van der Waals surface area contributed by atoms with Crippen molar-refractivity contribution in [2.45, 2.75) is 20.4 Å². The summed E-state index contributed by atoms with van der Waals surface area (Å²) >= 11 is 0. The van der Waals surface area contributed by atoms with Crippen molar-refractivity contribution < 1.29 is 18.7 Å². The van der Waals surface area contributed by atoms with Gasteiger partial charge in [0.1, 0.15) is 6.54 Å². The first-order valence-electron chi connectivity index (χ1n) is 5.63. The number of hydrogen-bond donors (Lipinski definition) is 1. The first-order valence-corrected chi connectivity index (χ1v) is 5.63. The molecule has 0 aliphatic rings. The average molecular weight is 281 g/mol. The highest BCUT2D eigenvalue weighted by Crippen LogP contribution is 2.04. The summed E-state index contributed by atoms with van der Waals surface area (Å²) in [7, 11) is 0. The predicted octanol–water partition coefficient (Wildman–Crippen LogP) is -0.820. The summed E-state index contributed by atoms with van der Waals surface area (Å²) in [5, 5.41) is 19.9. The molecule has 2 aromatic rings. The van der Waals surface area contributed by atoms with Gasteiger partial charge in [0, 0.05) is 6.92 Å². The number of amides is 1. The van der Waals surface area contributed by atoms with Crippen molar-refractivity contribution in [1.82, 2.24) is 30.4 Å². The second-order valence-corrected chi connectivity index (χ2v) is 3.56. The number of nitrogens with zero attached hydrogens (tertiary/aromatic N) is 6. The van der Waals surface area contributed by atoms with Crippen LogP contribution in [0.1, 0.15) is 23.4 Å². The zero-order chi connectivity index (χ0) is 14.5. The molecule has 1 amide bonds. The molecule has 0 atom stereocenters. The molecule has 0 spiro atoms. The molecule has 0 unspecified atom stereocenters. The van der Waals surface area contributed by atoms with E-state index in [0.29, 0.717) is 5.89 Å². The van der Waals surface area contributed by atoms with Gasteiger partial charge in [-0.1, -0.05) is 5.10 Å². The van der Waals surface area contributed by atoms with Crippen molar-refractivity contribution in [2.75, 3.05) is 11.9 Å². The lowest BCUT2D eigenvalue weighted by Crippen LogP contribution is -2.23. The number of ether oxygens (including phenoxy) is 1. The summed E-state index contributed by atoms with van der Waals surface area (Å²) in [6.45, 7) is 3.13. The molecule has 1 N–H and O–H groups in total. The third kappa shape index (κ3) is 3.13. The van der Waals surface area contributed by atoms with Crippen LogP contribution in [0.4, 0.5) is 6.01 Å². The van der Waals surface area contributed by atoms with Gasteiger partial charge in [-0.2, -0.15) is 0 Å². The first kappa shape index (κ1) is 13.6. The van der Waals surface area contributed by atoms with Crippen molar-refractivity contribution >= 4 is 17.9 Å². The monoisotopic (exact) mass is 281 g/mol. The Labute approximate surface area is 112 Å². The maximum absolute atomic E-state index is 11.7. The zero-order valence-corrected chi connectivity index (χ0v) is 10.7. The van der Waals surface area contributed by atoms with Gasteiger partial charge in [0.2, 0.25) is 11.8 Å². The second-order valence-electron chi connectivity index (χ2n) is 3.56. The largest absolute Gasteiger partial charge is 0.460 e. The van der Waals surface area contributed by atoms with Crippen LogP contribution in [0.2, 0.25) is 0 Å². The maximum atomic E-state index is 11.7. The van der Waals surface area contributed by atoms with Crippen molar-refractivity contribution in [3.8, 4) is 0 Å². The number of carbonyl (C=O) groups is 2. The standard InChI is InChI=1S/C9H11N7O4/c1-3-19-8(18)7-12-14-15-16(7)4-6(17)10-9-13-11-5(2)20-9/h3-4H2,1-2H3,(H,10,13,17). The van der Waals surface area contributed by atoms with Crippen LogP contribution in [0.15, 0.2) is 4.42 Å². The fraction of sp³-hybridized carbons (Fsp3) is 0.444. The number of carbonyl (C=O) groups excluding carboxylic acids is 2. The lowest BCUT2D eigenvalue weighted by molar-refractivity contribution is -0.117. The molecule has 106 valence electrons. The van der Waals surface area contributed by atoms with Gasteiger partial charge < -0.3 is 9.15 Å². The van der Waals surface area contributed by atoms with Crippen LogP contribution in [-0.2, 0) is 16.1 Å². The van der Waals surface area contributed by atoms with E-state index in [2.05, 4.69) is 31.0 Å². The van der Waals surface area contributed by atoms with E-state index >= 15 is 0 Å². The van der Waals surface area contributed by atoms with Crippen LogP contribution >= 0.6 is 0 Å². The van der Waals surface area contributed by atoms with Gasteiger partial charge >= 0.3 is 12.0 Å². The number of anilines is 1. The third-order valence-electron chi connectivity index (χ3n) is 2.06. The fourth-order valence-electron chi connectivity index (χ4n) is 1.29. The number of hydrogen-bond acceptors (Lipinski definition) is 9. The second kappa shape index (κ2) is 5.86. The SMILES string of the molecule is CCOC(=O)c1nnnn1CC(=O)Nc1nnc(C)o1. The number of aryl methyl sites for hydroxylation is 1. The van der Waals surface area contributed by atoms with Crippen LogP contribution < -0.4 is 5.32 Å². The molecule has 11 heteroatoms. The molecule has 0 fully saturated rings. The van der Waals surface area contributed by atoms with Gasteiger partial charge in [-0.25, -0.2) is 9.48 Å². The van der Waals surface area contributed by atoms with Crippen molar-refractivity contribution in [3.05, 3.63) is 11.7 Å². The quantitative estimate of drug-likeness (QED) is 0.696. The summed E-state index contributed by atoms with van der Waals surface area (Å²) < 4.78 is 10.7. The molecule has 0 aliphatic carbocycles. The zero-order valence-electron chi connectivity index (χ0n) is 10.7. The smallest absolute Gasteiger partial charge is 0.378 e. The Bertz CT molecular complexity index is 619. The summed E-state index contributed by atoms with van der Waals surface area (Å²) in [5.41, 5.74) is 0. The lowest BCUT2D eigenvalue weighted by atomic mass is 10.5. The molecule has 2 rings (SSSR count). The van der Waals surface area contributed by atoms with Crippen LogP contribution in [-0.4, -0.2) is 48.9 Å². The van der Waals surface area contributed by atoms with Gasteiger partial charge in [-0.3, -0.25) is 10.1 Å². The van der Waals surface area contributed by atoms with Gasteiger partial charge in [0.15, 0.2) is 0 Å². The Morgan fingerprint density at radius 1 is 1.35 bits per heavy atom. The normalized spacial score (nSPS) is 10.3. The number of tetrazole rings is 1. The van der Waals surface area contributed by atoms with E-state index in [1.54, 1.807) is 13.8 Å². The van der Waals surface area contributed by atoms with Crippen molar-refractivity contribution in [1.29, 1.82) is 0 Å². The van der Waals surface area contributed by atoms with E-state index < -0.39 is 11.9 Å². The molecule has 2 aromatic heterocycles. The van der Waals surface area contributed by atoms with Gasteiger partial charge in [0.05, 0.1) is 6.61 Å². The number of aromatic nitrogens is 6. The highest BCUT2D eigenvalue weighted by molar-refractivity contribution is 5.90. The van der Waals surface area contributed by atoms with E-state index in [1.165, 1.54) is 0 Å². The molecule has 0 bridgehead atoms. The van der Waals surface area contributed by atoms with Gasteiger partial charge in [-0.05, 0) is 17.4 Å².